The fourth-order valence-electron chi connectivity index (χ4n) is 1.01. The largest absolute Gasteiger partial charge is 0.365 e. The highest BCUT2D eigenvalue weighted by molar-refractivity contribution is 6.34. The Labute approximate surface area is 91.4 Å². The van der Waals surface area contributed by atoms with Crippen molar-refractivity contribution < 1.29 is 4.79 Å². The molecule has 1 aromatic rings. The first-order valence-corrected chi connectivity index (χ1v) is 4.41. The lowest BCUT2D eigenvalue weighted by Crippen LogP contribution is -2.13. The molecule has 0 saturated heterocycles. The fraction of sp³-hybridized carbons (Fsp3) is 0. The van der Waals surface area contributed by atoms with E-state index in [1.54, 1.807) is 18.2 Å². The molecule has 0 unspecified atom stereocenters. The van der Waals surface area contributed by atoms with Crippen molar-refractivity contribution in [3.8, 4) is 0 Å². The van der Waals surface area contributed by atoms with Crippen molar-refractivity contribution in [1.29, 1.82) is 5.41 Å². The van der Waals surface area contributed by atoms with Crippen molar-refractivity contribution in [3.63, 3.8) is 0 Å². The standard InChI is InChI=1S/C9H9ClN4O/c10-6-2-1-3-7(8(6)9(12)15)14-13-5-4-11/h1-5,11,14H,(H2,12,15)/b11-4?,13-5-. The maximum atomic E-state index is 11.1. The SMILES string of the molecule is N=C/C=N\Nc1cccc(Cl)c1C(N)=O. The maximum Gasteiger partial charge on any atom is 0.252 e. The van der Waals surface area contributed by atoms with Gasteiger partial charge < -0.3 is 11.1 Å². The summed E-state index contributed by atoms with van der Waals surface area (Å²) in [5, 5.41) is 10.6. The number of hydrogen-bond acceptors (Lipinski definition) is 4. The number of anilines is 1. The second-order valence-corrected chi connectivity index (χ2v) is 2.99. The first-order chi connectivity index (χ1) is 7.16. The van der Waals surface area contributed by atoms with Crippen molar-refractivity contribution in [2.75, 3.05) is 5.43 Å². The van der Waals surface area contributed by atoms with Crippen LogP contribution in [0.5, 0.6) is 0 Å². The summed E-state index contributed by atoms with van der Waals surface area (Å²) in [5.41, 5.74) is 8.32. The van der Waals surface area contributed by atoms with E-state index in [9.17, 15) is 4.79 Å². The Morgan fingerprint density at radius 2 is 2.33 bits per heavy atom. The summed E-state index contributed by atoms with van der Waals surface area (Å²) in [6, 6.07) is 4.84. The third-order valence-corrected chi connectivity index (χ3v) is 1.91. The van der Waals surface area contributed by atoms with E-state index < -0.39 is 5.91 Å². The van der Waals surface area contributed by atoms with Gasteiger partial charge in [-0.1, -0.05) is 17.7 Å². The molecule has 0 spiro atoms. The Kier molecular flexibility index (Phi) is 3.82. The molecule has 0 fully saturated rings. The first kappa shape index (κ1) is 11.2. The van der Waals surface area contributed by atoms with E-state index in [0.717, 1.165) is 6.21 Å². The maximum absolute atomic E-state index is 11.1. The number of nitrogens with two attached hydrogens (primary N) is 1. The van der Waals surface area contributed by atoms with E-state index in [2.05, 4.69) is 10.5 Å². The number of nitrogens with one attached hydrogen (secondary N) is 2. The van der Waals surface area contributed by atoms with E-state index in [1.165, 1.54) is 6.21 Å². The molecule has 0 atom stereocenters. The summed E-state index contributed by atoms with van der Waals surface area (Å²) >= 11 is 5.80. The van der Waals surface area contributed by atoms with Crippen LogP contribution in [0.15, 0.2) is 23.3 Å². The Morgan fingerprint density at radius 1 is 1.60 bits per heavy atom. The van der Waals surface area contributed by atoms with Gasteiger partial charge in [0.2, 0.25) is 0 Å². The molecule has 15 heavy (non-hydrogen) atoms. The van der Waals surface area contributed by atoms with Gasteiger partial charge in [0, 0.05) is 6.21 Å². The third kappa shape index (κ3) is 2.78. The van der Waals surface area contributed by atoms with Crippen LogP contribution in [0.1, 0.15) is 10.4 Å². The van der Waals surface area contributed by atoms with E-state index in [0.29, 0.717) is 5.69 Å². The molecule has 0 bridgehead atoms. The lowest BCUT2D eigenvalue weighted by atomic mass is 10.2. The fourth-order valence-corrected chi connectivity index (χ4v) is 1.28. The van der Waals surface area contributed by atoms with E-state index in [-0.39, 0.29) is 10.6 Å². The molecular weight excluding hydrogens is 216 g/mol. The lowest BCUT2D eigenvalue weighted by molar-refractivity contribution is 0.100. The van der Waals surface area contributed by atoms with E-state index >= 15 is 0 Å². The van der Waals surface area contributed by atoms with Gasteiger partial charge in [0.1, 0.15) is 0 Å². The Morgan fingerprint density at radius 3 is 2.93 bits per heavy atom. The minimum absolute atomic E-state index is 0.182. The van der Waals surface area contributed by atoms with Gasteiger partial charge >= 0.3 is 0 Å². The molecule has 4 N–H and O–H groups in total. The second kappa shape index (κ2) is 5.11. The predicted octanol–water partition coefficient (Wildman–Crippen LogP) is 1.49. The van der Waals surface area contributed by atoms with Crippen LogP contribution in [-0.4, -0.2) is 18.3 Å². The highest BCUT2D eigenvalue weighted by Crippen LogP contribution is 2.23. The highest BCUT2D eigenvalue weighted by atomic mass is 35.5. The molecule has 0 aliphatic rings. The number of nitrogens with zero attached hydrogens (tertiary/aromatic N) is 1. The van der Waals surface area contributed by atoms with Crippen molar-refractivity contribution in [2.45, 2.75) is 0 Å². The summed E-state index contributed by atoms with van der Waals surface area (Å²) < 4.78 is 0. The molecule has 78 valence electrons. The summed E-state index contributed by atoms with van der Waals surface area (Å²) in [5.74, 6) is -0.631. The number of benzene rings is 1. The molecule has 1 aromatic carbocycles. The summed E-state index contributed by atoms with van der Waals surface area (Å²) in [7, 11) is 0. The van der Waals surface area contributed by atoms with Gasteiger partial charge in [0.25, 0.3) is 5.91 Å². The van der Waals surface area contributed by atoms with Crippen LogP contribution in [0.3, 0.4) is 0 Å². The van der Waals surface area contributed by atoms with Crippen molar-refractivity contribution in [3.05, 3.63) is 28.8 Å². The van der Waals surface area contributed by atoms with Gasteiger partial charge in [-0.3, -0.25) is 10.2 Å². The predicted molar refractivity (Wildman–Crippen MR) is 60.9 cm³/mol. The Bertz CT molecular complexity index is 417. The van der Waals surface area contributed by atoms with Gasteiger partial charge in [-0.05, 0) is 12.1 Å². The minimum Gasteiger partial charge on any atom is -0.365 e. The summed E-state index contributed by atoms with van der Waals surface area (Å²) in [6.45, 7) is 0. The monoisotopic (exact) mass is 224 g/mol. The lowest BCUT2D eigenvalue weighted by Gasteiger charge is -2.06. The zero-order chi connectivity index (χ0) is 11.3. The Balaban J connectivity index is 3.06. The molecule has 0 aromatic heterocycles. The molecule has 0 saturated carbocycles. The van der Waals surface area contributed by atoms with Gasteiger partial charge in [0.15, 0.2) is 0 Å². The van der Waals surface area contributed by atoms with Crippen LogP contribution in [-0.2, 0) is 0 Å². The zero-order valence-corrected chi connectivity index (χ0v) is 8.45. The smallest absolute Gasteiger partial charge is 0.252 e. The van der Waals surface area contributed by atoms with Gasteiger partial charge in [-0.25, -0.2) is 0 Å². The molecule has 1 amide bonds. The van der Waals surface area contributed by atoms with Gasteiger partial charge in [-0.15, -0.1) is 0 Å². The molecule has 0 aliphatic carbocycles. The average Bonchev–Trinajstić information content (AvgIpc) is 2.17. The summed E-state index contributed by atoms with van der Waals surface area (Å²) in [4.78, 5) is 11.1. The van der Waals surface area contributed by atoms with E-state index in [1.807, 2.05) is 0 Å². The number of hydrazone groups is 1. The highest BCUT2D eigenvalue weighted by Gasteiger charge is 2.11. The normalized spacial score (nSPS) is 10.2. The molecule has 0 heterocycles. The third-order valence-electron chi connectivity index (χ3n) is 1.59. The van der Waals surface area contributed by atoms with Crippen LogP contribution in [0, 0.1) is 5.41 Å². The number of amides is 1. The van der Waals surface area contributed by atoms with Crippen LogP contribution in [0.2, 0.25) is 5.02 Å². The second-order valence-electron chi connectivity index (χ2n) is 2.58. The van der Waals surface area contributed by atoms with Crippen molar-refractivity contribution >= 4 is 35.6 Å². The number of carbonyl (C=O) groups excluding carboxylic acids is 1. The average molecular weight is 225 g/mol. The molecule has 1 rings (SSSR count). The molecule has 6 heteroatoms. The number of rotatable bonds is 4. The number of halogens is 1. The van der Waals surface area contributed by atoms with Crippen molar-refractivity contribution in [1.82, 2.24) is 0 Å². The van der Waals surface area contributed by atoms with Crippen LogP contribution >= 0.6 is 11.6 Å². The first-order valence-electron chi connectivity index (χ1n) is 4.03. The number of hydrogen-bond donors (Lipinski definition) is 3. The van der Waals surface area contributed by atoms with Crippen LogP contribution < -0.4 is 11.2 Å². The molecule has 0 aliphatic heterocycles. The topological polar surface area (TPSA) is 91.3 Å². The minimum atomic E-state index is -0.631. The molecule has 5 nitrogen and oxygen atoms in total. The summed E-state index contributed by atoms with van der Waals surface area (Å²) in [6.07, 6.45) is 2.23. The number of carbonyl (C=O) groups is 1. The quantitative estimate of drug-likeness (QED) is 0.534. The molecule has 0 radical (unpaired) electrons. The van der Waals surface area contributed by atoms with E-state index in [4.69, 9.17) is 22.7 Å². The zero-order valence-electron chi connectivity index (χ0n) is 7.70. The van der Waals surface area contributed by atoms with Gasteiger partial charge in [-0.2, -0.15) is 5.10 Å². The van der Waals surface area contributed by atoms with Crippen LogP contribution in [0.4, 0.5) is 5.69 Å². The van der Waals surface area contributed by atoms with Crippen LogP contribution in [0.25, 0.3) is 0 Å². The van der Waals surface area contributed by atoms with Gasteiger partial charge in [0.05, 0.1) is 22.5 Å². The number of primary amides is 1. The molecular formula is C9H9ClN4O. The van der Waals surface area contributed by atoms with Crippen molar-refractivity contribution in [2.24, 2.45) is 10.8 Å². The Hall–Kier alpha value is -1.88.